The summed E-state index contributed by atoms with van der Waals surface area (Å²) in [4.78, 5) is 30.6. The molecule has 1 atom stereocenters. The number of benzene rings is 2. The molecule has 1 spiro atoms. The summed E-state index contributed by atoms with van der Waals surface area (Å²) in [6.45, 7) is 3.40. The lowest BCUT2D eigenvalue weighted by Crippen LogP contribution is -2.61. The number of hydrogen-bond acceptors (Lipinski definition) is 3. The van der Waals surface area contributed by atoms with Gasteiger partial charge in [-0.05, 0) is 62.4 Å². The highest BCUT2D eigenvalue weighted by atomic mass is 16.5. The Kier molecular flexibility index (Phi) is 5.31. The molecule has 2 fully saturated rings. The van der Waals surface area contributed by atoms with Crippen molar-refractivity contribution in [3.8, 4) is 5.75 Å². The van der Waals surface area contributed by atoms with Gasteiger partial charge in [-0.3, -0.25) is 9.59 Å². The van der Waals surface area contributed by atoms with Gasteiger partial charge in [0, 0.05) is 18.8 Å². The van der Waals surface area contributed by atoms with E-state index in [1.54, 1.807) is 7.11 Å². The van der Waals surface area contributed by atoms with E-state index >= 15 is 0 Å². The van der Waals surface area contributed by atoms with Gasteiger partial charge < -0.3 is 14.5 Å². The Morgan fingerprint density at radius 3 is 2.52 bits per heavy atom. The van der Waals surface area contributed by atoms with Crippen molar-refractivity contribution in [3.63, 3.8) is 0 Å². The van der Waals surface area contributed by atoms with Crippen molar-refractivity contribution >= 4 is 17.5 Å². The summed E-state index contributed by atoms with van der Waals surface area (Å²) in [6.07, 6.45) is 3.56. The molecular weight excluding hydrogens is 364 g/mol. The number of likely N-dealkylation sites (tertiary alicyclic amines) is 1. The molecule has 2 heterocycles. The van der Waals surface area contributed by atoms with Crippen molar-refractivity contribution < 1.29 is 14.3 Å². The van der Waals surface area contributed by atoms with Crippen LogP contribution in [0.1, 0.15) is 36.8 Å². The van der Waals surface area contributed by atoms with E-state index in [9.17, 15) is 9.59 Å². The zero-order valence-electron chi connectivity index (χ0n) is 17.2. The van der Waals surface area contributed by atoms with Crippen LogP contribution in [0.3, 0.4) is 0 Å². The molecule has 0 N–H and O–H groups in total. The lowest BCUT2D eigenvalue weighted by molar-refractivity contribution is -0.144. The SMILES string of the molecule is COc1cccc(CC(=O)N2CCCC23CCCN(c2ccc(C)cc2)C3=O)c1. The van der Waals surface area contributed by atoms with E-state index in [0.29, 0.717) is 13.1 Å². The predicted octanol–water partition coefficient (Wildman–Crippen LogP) is 3.73. The third kappa shape index (κ3) is 3.61. The minimum atomic E-state index is -0.695. The van der Waals surface area contributed by atoms with Gasteiger partial charge in [-0.1, -0.05) is 29.8 Å². The zero-order valence-corrected chi connectivity index (χ0v) is 17.2. The van der Waals surface area contributed by atoms with Crippen LogP contribution in [0.15, 0.2) is 48.5 Å². The molecule has 1 unspecified atom stereocenters. The summed E-state index contributed by atoms with van der Waals surface area (Å²) in [6, 6.07) is 15.7. The average Bonchev–Trinajstić information content (AvgIpc) is 3.16. The molecule has 2 aliphatic heterocycles. The van der Waals surface area contributed by atoms with Crippen LogP contribution >= 0.6 is 0 Å². The Hall–Kier alpha value is -2.82. The van der Waals surface area contributed by atoms with E-state index in [-0.39, 0.29) is 18.2 Å². The molecule has 2 amide bonds. The number of carbonyl (C=O) groups excluding carboxylic acids is 2. The fourth-order valence-electron chi connectivity index (χ4n) is 4.74. The molecule has 2 aromatic rings. The van der Waals surface area contributed by atoms with Gasteiger partial charge in [0.2, 0.25) is 5.91 Å². The number of rotatable bonds is 4. The van der Waals surface area contributed by atoms with Crippen molar-refractivity contribution in [1.82, 2.24) is 4.90 Å². The number of nitrogens with zero attached hydrogens (tertiary/aromatic N) is 2. The number of anilines is 1. The fraction of sp³-hybridized carbons (Fsp3) is 0.417. The maximum absolute atomic E-state index is 13.6. The maximum Gasteiger partial charge on any atom is 0.252 e. The second kappa shape index (κ2) is 7.90. The topological polar surface area (TPSA) is 49.9 Å². The van der Waals surface area contributed by atoms with Crippen molar-refractivity contribution in [2.24, 2.45) is 0 Å². The first-order valence-electron chi connectivity index (χ1n) is 10.4. The highest BCUT2D eigenvalue weighted by Gasteiger charge is 2.52. The molecular formula is C24H28N2O3. The lowest BCUT2D eigenvalue weighted by atomic mass is 9.84. The number of methoxy groups -OCH3 is 1. The largest absolute Gasteiger partial charge is 0.497 e. The Morgan fingerprint density at radius 2 is 1.79 bits per heavy atom. The molecule has 152 valence electrons. The Labute approximate surface area is 172 Å². The molecule has 5 nitrogen and oxygen atoms in total. The molecule has 29 heavy (non-hydrogen) atoms. The van der Waals surface area contributed by atoms with Gasteiger partial charge in [-0.25, -0.2) is 0 Å². The van der Waals surface area contributed by atoms with Crippen molar-refractivity contribution in [1.29, 1.82) is 0 Å². The van der Waals surface area contributed by atoms with Crippen LogP contribution < -0.4 is 9.64 Å². The summed E-state index contributed by atoms with van der Waals surface area (Å²) in [5.41, 5.74) is 2.31. The van der Waals surface area contributed by atoms with E-state index in [1.807, 2.05) is 65.3 Å². The second-order valence-corrected chi connectivity index (χ2v) is 8.10. The minimum Gasteiger partial charge on any atom is -0.497 e. The quantitative estimate of drug-likeness (QED) is 0.797. The Balaban J connectivity index is 1.57. The summed E-state index contributed by atoms with van der Waals surface area (Å²) in [7, 11) is 1.62. The number of hydrogen-bond donors (Lipinski definition) is 0. The smallest absolute Gasteiger partial charge is 0.252 e. The van der Waals surface area contributed by atoms with Crippen LogP contribution in [0, 0.1) is 6.92 Å². The number of ether oxygens (including phenoxy) is 1. The van der Waals surface area contributed by atoms with Gasteiger partial charge in [0.05, 0.1) is 13.5 Å². The summed E-state index contributed by atoms with van der Waals surface area (Å²) >= 11 is 0. The normalized spacial score (nSPS) is 21.7. The van der Waals surface area contributed by atoms with Gasteiger partial charge in [-0.15, -0.1) is 0 Å². The third-order valence-electron chi connectivity index (χ3n) is 6.24. The number of piperidine rings is 1. The van der Waals surface area contributed by atoms with Gasteiger partial charge in [0.1, 0.15) is 11.3 Å². The highest BCUT2D eigenvalue weighted by Crippen LogP contribution is 2.40. The van der Waals surface area contributed by atoms with Gasteiger partial charge in [0.15, 0.2) is 0 Å². The van der Waals surface area contributed by atoms with Crippen LogP contribution in [0.4, 0.5) is 5.69 Å². The molecule has 0 bridgehead atoms. The van der Waals surface area contributed by atoms with Crippen molar-refractivity contribution in [2.45, 2.75) is 44.6 Å². The molecule has 2 aliphatic rings. The molecule has 0 radical (unpaired) electrons. The first kappa shape index (κ1) is 19.5. The van der Waals surface area contributed by atoms with Crippen molar-refractivity contribution in [3.05, 3.63) is 59.7 Å². The van der Waals surface area contributed by atoms with E-state index < -0.39 is 5.54 Å². The van der Waals surface area contributed by atoms with E-state index in [1.165, 1.54) is 5.56 Å². The van der Waals surface area contributed by atoms with Crippen LogP contribution in [0.2, 0.25) is 0 Å². The lowest BCUT2D eigenvalue weighted by Gasteiger charge is -2.44. The van der Waals surface area contributed by atoms with Crippen LogP contribution in [0.5, 0.6) is 5.75 Å². The molecule has 2 aromatic carbocycles. The molecule has 4 rings (SSSR count). The summed E-state index contributed by atoms with van der Waals surface area (Å²) in [5, 5.41) is 0. The predicted molar refractivity (Wildman–Crippen MR) is 113 cm³/mol. The Morgan fingerprint density at radius 1 is 1.07 bits per heavy atom. The van der Waals surface area contributed by atoms with E-state index in [0.717, 1.165) is 42.7 Å². The Bertz CT molecular complexity index is 909. The van der Waals surface area contributed by atoms with Gasteiger partial charge >= 0.3 is 0 Å². The number of amides is 2. The monoisotopic (exact) mass is 392 g/mol. The number of carbonyl (C=O) groups is 2. The van der Waals surface area contributed by atoms with Crippen LogP contribution in [-0.2, 0) is 16.0 Å². The van der Waals surface area contributed by atoms with Crippen LogP contribution in [-0.4, -0.2) is 42.5 Å². The maximum atomic E-state index is 13.6. The standard InChI is InChI=1S/C24H28N2O3/c1-18-8-10-20(11-9-18)25-14-4-12-24(23(25)28)13-5-15-26(24)22(27)17-19-6-3-7-21(16-19)29-2/h3,6-11,16H,4-5,12-15,17H2,1-2H3. The first-order valence-corrected chi connectivity index (χ1v) is 10.4. The highest BCUT2D eigenvalue weighted by molar-refractivity contribution is 6.03. The summed E-state index contributed by atoms with van der Waals surface area (Å²) < 4.78 is 5.27. The minimum absolute atomic E-state index is 0.0230. The summed E-state index contributed by atoms with van der Waals surface area (Å²) in [5.74, 6) is 0.838. The first-order chi connectivity index (χ1) is 14.0. The fourth-order valence-corrected chi connectivity index (χ4v) is 4.74. The van der Waals surface area contributed by atoms with Crippen LogP contribution in [0.25, 0.3) is 0 Å². The average molecular weight is 392 g/mol. The van der Waals surface area contributed by atoms with Crippen molar-refractivity contribution in [2.75, 3.05) is 25.1 Å². The molecule has 0 aliphatic carbocycles. The number of aryl methyl sites for hydroxylation is 1. The molecule has 5 heteroatoms. The van der Waals surface area contributed by atoms with E-state index in [4.69, 9.17) is 4.74 Å². The zero-order chi connectivity index (χ0) is 20.4. The molecule has 0 saturated carbocycles. The van der Waals surface area contributed by atoms with E-state index in [2.05, 4.69) is 0 Å². The third-order valence-corrected chi connectivity index (χ3v) is 6.24. The van der Waals surface area contributed by atoms with Gasteiger partial charge in [-0.2, -0.15) is 0 Å². The molecule has 0 aromatic heterocycles. The molecule has 2 saturated heterocycles. The van der Waals surface area contributed by atoms with Gasteiger partial charge in [0.25, 0.3) is 5.91 Å². The second-order valence-electron chi connectivity index (χ2n) is 8.10.